The number of aromatic hydroxyl groups is 1. The molecule has 0 amide bonds. The van der Waals surface area contributed by atoms with Gasteiger partial charge in [0.05, 0.1) is 0 Å². The summed E-state index contributed by atoms with van der Waals surface area (Å²) in [6, 6.07) is 10.1. The molecule has 2 aromatic carbocycles. The fraction of sp³-hybridized carbons (Fsp3) is 0.167. The molecule has 0 atom stereocenters. The van der Waals surface area contributed by atoms with Crippen molar-refractivity contribution in [3.05, 3.63) is 64.7 Å². The molecule has 0 aromatic heterocycles. The Kier molecular flexibility index (Phi) is 4.05. The highest BCUT2D eigenvalue weighted by atomic mass is 19.4. The maximum Gasteiger partial charge on any atom is 0.573 e. The molecule has 1 N–H and O–H groups in total. The number of aryl methyl sites for hydroxylation is 1. The smallest absolute Gasteiger partial charge is 0.508 e. The number of hydrogen-bond acceptors (Lipinski definition) is 3. The lowest BCUT2D eigenvalue weighted by Crippen LogP contribution is -2.17. The van der Waals surface area contributed by atoms with Crippen molar-refractivity contribution in [3.8, 4) is 11.5 Å². The van der Waals surface area contributed by atoms with Gasteiger partial charge < -0.3 is 9.84 Å². The Morgan fingerprint density at radius 1 is 1.08 bits per heavy atom. The fourth-order valence-electron chi connectivity index (χ4n) is 2.69. The quantitative estimate of drug-likeness (QED) is 0.823. The number of Topliss-reactive ketones (excluding diaryl/α,β-unsaturated/α-hetero) is 1. The Morgan fingerprint density at radius 3 is 2.62 bits per heavy atom. The van der Waals surface area contributed by atoms with Crippen LogP contribution >= 0.6 is 0 Å². The Bertz CT molecular complexity index is 822. The minimum atomic E-state index is -4.76. The van der Waals surface area contributed by atoms with Crippen molar-refractivity contribution in [2.24, 2.45) is 0 Å². The van der Waals surface area contributed by atoms with Crippen LogP contribution in [0.2, 0.25) is 0 Å². The van der Waals surface area contributed by atoms with Crippen molar-refractivity contribution in [3.63, 3.8) is 0 Å². The van der Waals surface area contributed by atoms with Crippen molar-refractivity contribution in [2.75, 3.05) is 0 Å². The monoisotopic (exact) mass is 334 g/mol. The lowest BCUT2D eigenvalue weighted by molar-refractivity contribution is -0.274. The van der Waals surface area contributed by atoms with Crippen LogP contribution in [0.5, 0.6) is 11.5 Å². The molecule has 0 bridgehead atoms. The van der Waals surface area contributed by atoms with E-state index in [0.29, 0.717) is 29.5 Å². The molecule has 1 aliphatic carbocycles. The number of benzene rings is 2. The van der Waals surface area contributed by atoms with Gasteiger partial charge >= 0.3 is 6.36 Å². The number of ketones is 1. The van der Waals surface area contributed by atoms with Crippen molar-refractivity contribution < 1.29 is 27.8 Å². The highest BCUT2D eigenvalue weighted by molar-refractivity contribution is 6.13. The van der Waals surface area contributed by atoms with E-state index in [-0.39, 0.29) is 17.3 Å². The Hall–Kier alpha value is -2.76. The SMILES string of the molecule is O=C1/C(=C/c2cccc(OC(F)(F)F)c2)CCc2ccc(O)cc21. The second kappa shape index (κ2) is 6.03. The van der Waals surface area contributed by atoms with Gasteiger partial charge in [0.1, 0.15) is 11.5 Å². The maximum absolute atomic E-state index is 12.5. The first-order valence-electron chi connectivity index (χ1n) is 7.25. The van der Waals surface area contributed by atoms with Gasteiger partial charge in [-0.1, -0.05) is 18.2 Å². The number of phenols is 1. The highest BCUT2D eigenvalue weighted by Gasteiger charge is 2.31. The van der Waals surface area contributed by atoms with Crippen LogP contribution in [-0.2, 0) is 6.42 Å². The van der Waals surface area contributed by atoms with E-state index in [0.717, 1.165) is 5.56 Å². The van der Waals surface area contributed by atoms with Gasteiger partial charge in [-0.05, 0) is 54.3 Å². The molecule has 24 heavy (non-hydrogen) atoms. The molecular weight excluding hydrogens is 321 g/mol. The normalized spacial score (nSPS) is 16.1. The molecule has 0 saturated carbocycles. The molecular formula is C18H13F3O3. The number of halogens is 3. The first-order valence-corrected chi connectivity index (χ1v) is 7.25. The summed E-state index contributed by atoms with van der Waals surface area (Å²) in [4.78, 5) is 12.5. The number of phenolic OH excluding ortho intramolecular Hbond substituents is 1. The molecule has 3 rings (SSSR count). The zero-order valence-corrected chi connectivity index (χ0v) is 12.4. The number of alkyl halides is 3. The number of allylic oxidation sites excluding steroid dienone is 1. The number of carbonyl (C=O) groups is 1. The third-order valence-corrected chi connectivity index (χ3v) is 3.73. The molecule has 0 saturated heterocycles. The van der Waals surface area contributed by atoms with Crippen LogP contribution in [0.15, 0.2) is 48.0 Å². The molecule has 3 nitrogen and oxygen atoms in total. The Morgan fingerprint density at radius 2 is 1.88 bits per heavy atom. The van der Waals surface area contributed by atoms with Crippen LogP contribution in [0.3, 0.4) is 0 Å². The fourth-order valence-corrected chi connectivity index (χ4v) is 2.69. The lowest BCUT2D eigenvalue weighted by Gasteiger charge is -2.17. The number of ether oxygens (including phenoxy) is 1. The standard InChI is InChI=1S/C18H13F3O3/c19-18(20,21)24-15-3-1-2-11(9-15)8-13-5-4-12-6-7-14(22)10-16(12)17(13)23/h1-3,6-10,22H,4-5H2/b13-8+. The van der Waals surface area contributed by atoms with Crippen LogP contribution in [-0.4, -0.2) is 17.3 Å². The van der Waals surface area contributed by atoms with Crippen molar-refractivity contribution in [1.29, 1.82) is 0 Å². The maximum atomic E-state index is 12.5. The minimum Gasteiger partial charge on any atom is -0.508 e. The Balaban J connectivity index is 1.90. The van der Waals surface area contributed by atoms with Gasteiger partial charge in [-0.2, -0.15) is 0 Å². The average Bonchev–Trinajstić information content (AvgIpc) is 2.49. The summed E-state index contributed by atoms with van der Waals surface area (Å²) >= 11 is 0. The van der Waals surface area contributed by atoms with Crippen molar-refractivity contribution in [2.45, 2.75) is 19.2 Å². The first-order chi connectivity index (χ1) is 11.3. The van der Waals surface area contributed by atoms with Gasteiger partial charge in [0.2, 0.25) is 0 Å². The molecule has 0 fully saturated rings. The van der Waals surface area contributed by atoms with Gasteiger partial charge in [-0.25, -0.2) is 0 Å². The van der Waals surface area contributed by atoms with E-state index in [2.05, 4.69) is 4.74 Å². The number of rotatable bonds is 2. The van der Waals surface area contributed by atoms with E-state index in [1.165, 1.54) is 30.3 Å². The largest absolute Gasteiger partial charge is 0.573 e. The molecule has 0 radical (unpaired) electrons. The zero-order chi connectivity index (χ0) is 17.3. The van der Waals surface area contributed by atoms with Crippen LogP contribution in [0, 0.1) is 0 Å². The molecule has 124 valence electrons. The number of fused-ring (bicyclic) bond motifs is 1. The van der Waals surface area contributed by atoms with Crippen LogP contribution in [0.4, 0.5) is 13.2 Å². The van der Waals surface area contributed by atoms with Crippen LogP contribution in [0.1, 0.15) is 27.9 Å². The summed E-state index contributed by atoms with van der Waals surface area (Å²) in [5.74, 6) is -0.559. The lowest BCUT2D eigenvalue weighted by atomic mass is 9.86. The molecule has 0 heterocycles. The van der Waals surface area contributed by atoms with E-state index in [4.69, 9.17) is 0 Å². The van der Waals surface area contributed by atoms with Gasteiger partial charge in [0.15, 0.2) is 5.78 Å². The van der Waals surface area contributed by atoms with E-state index in [1.807, 2.05) is 0 Å². The molecule has 0 spiro atoms. The van der Waals surface area contributed by atoms with Gasteiger partial charge in [-0.3, -0.25) is 4.79 Å². The molecule has 6 heteroatoms. The minimum absolute atomic E-state index is 0.00363. The average molecular weight is 334 g/mol. The molecule has 0 unspecified atom stereocenters. The van der Waals surface area contributed by atoms with E-state index in [1.54, 1.807) is 18.2 Å². The first kappa shape index (κ1) is 16.1. The predicted octanol–water partition coefficient (Wildman–Crippen LogP) is 4.50. The highest BCUT2D eigenvalue weighted by Crippen LogP contribution is 2.30. The van der Waals surface area contributed by atoms with Gasteiger partial charge in [0, 0.05) is 11.1 Å². The van der Waals surface area contributed by atoms with E-state index in [9.17, 15) is 23.1 Å². The number of hydrogen-bond donors (Lipinski definition) is 1. The third kappa shape index (κ3) is 3.59. The van der Waals surface area contributed by atoms with Crippen molar-refractivity contribution >= 4 is 11.9 Å². The Labute approximate surface area is 136 Å². The van der Waals surface area contributed by atoms with Crippen LogP contribution in [0.25, 0.3) is 6.08 Å². The van der Waals surface area contributed by atoms with Crippen molar-refractivity contribution in [1.82, 2.24) is 0 Å². The second-order valence-corrected chi connectivity index (χ2v) is 5.46. The summed E-state index contributed by atoms with van der Waals surface area (Å²) in [5.41, 5.74) is 2.21. The molecule has 1 aliphatic rings. The van der Waals surface area contributed by atoms with Crippen LogP contribution < -0.4 is 4.74 Å². The predicted molar refractivity (Wildman–Crippen MR) is 81.9 cm³/mol. The molecule has 2 aromatic rings. The topological polar surface area (TPSA) is 46.5 Å². The van der Waals surface area contributed by atoms with E-state index >= 15 is 0 Å². The third-order valence-electron chi connectivity index (χ3n) is 3.73. The summed E-state index contributed by atoms with van der Waals surface area (Å²) in [7, 11) is 0. The summed E-state index contributed by atoms with van der Waals surface area (Å²) in [6.07, 6.45) is -2.09. The number of carbonyl (C=O) groups excluding carboxylic acids is 1. The second-order valence-electron chi connectivity index (χ2n) is 5.46. The zero-order valence-electron chi connectivity index (χ0n) is 12.4. The summed E-state index contributed by atoms with van der Waals surface area (Å²) in [5, 5.41) is 9.53. The van der Waals surface area contributed by atoms with Gasteiger partial charge in [0.25, 0.3) is 0 Å². The van der Waals surface area contributed by atoms with Gasteiger partial charge in [-0.15, -0.1) is 13.2 Å². The summed E-state index contributed by atoms with van der Waals surface area (Å²) < 4.78 is 40.7. The molecule has 0 aliphatic heterocycles. The summed E-state index contributed by atoms with van der Waals surface area (Å²) in [6.45, 7) is 0. The van der Waals surface area contributed by atoms with E-state index < -0.39 is 6.36 Å².